The molecule has 1 atom stereocenters. The van der Waals surface area contributed by atoms with Crippen molar-refractivity contribution in [1.29, 1.82) is 0 Å². The van der Waals surface area contributed by atoms with Crippen molar-refractivity contribution in [3.63, 3.8) is 0 Å². The van der Waals surface area contributed by atoms with Gasteiger partial charge in [-0.05, 0) is 64.0 Å². The summed E-state index contributed by atoms with van der Waals surface area (Å²) in [4.78, 5) is 11.1. The van der Waals surface area contributed by atoms with Crippen LogP contribution in [0, 0.1) is 0 Å². The third-order valence-corrected chi connectivity index (χ3v) is 2.81. The lowest BCUT2D eigenvalue weighted by molar-refractivity contribution is 0.0696. The second-order valence-electron chi connectivity index (χ2n) is 4.96. The molecule has 1 aromatic rings. The zero-order valence-electron chi connectivity index (χ0n) is 12.5. The van der Waals surface area contributed by atoms with E-state index in [9.17, 15) is 4.79 Å². The summed E-state index contributed by atoms with van der Waals surface area (Å²) in [5.74, 6) is -0.186. The molecule has 3 nitrogen and oxygen atoms in total. The van der Waals surface area contributed by atoms with Crippen LogP contribution in [0.4, 0.5) is 0 Å². The fourth-order valence-corrected chi connectivity index (χ4v) is 1.81. The van der Waals surface area contributed by atoms with Crippen molar-refractivity contribution in [2.24, 2.45) is 0 Å². The molecule has 0 radical (unpaired) electrons. The van der Waals surface area contributed by atoms with Gasteiger partial charge >= 0.3 is 5.97 Å². The molecule has 0 aliphatic carbocycles. The fourth-order valence-electron chi connectivity index (χ4n) is 1.81. The van der Waals surface area contributed by atoms with Gasteiger partial charge in [0.1, 0.15) is 11.9 Å². The summed E-state index contributed by atoms with van der Waals surface area (Å²) < 4.78 is 5.84. The predicted octanol–water partition coefficient (Wildman–Crippen LogP) is 4.24. The SMILES string of the molecule is CC=CC(C)Oc1ccc(C(=O)O)cc1CC=C(C)C. The number of aromatic carboxylic acids is 1. The maximum atomic E-state index is 11.1. The summed E-state index contributed by atoms with van der Waals surface area (Å²) in [5.41, 5.74) is 2.37. The molecule has 0 amide bonds. The Hall–Kier alpha value is -2.03. The average molecular weight is 274 g/mol. The summed E-state index contributed by atoms with van der Waals surface area (Å²) in [6.45, 7) is 7.93. The van der Waals surface area contributed by atoms with E-state index in [-0.39, 0.29) is 11.7 Å². The Morgan fingerprint density at radius 2 is 2.10 bits per heavy atom. The zero-order chi connectivity index (χ0) is 15.1. The quantitative estimate of drug-likeness (QED) is 0.789. The first kappa shape index (κ1) is 16.0. The van der Waals surface area contributed by atoms with Crippen LogP contribution in [0.1, 0.15) is 43.6 Å². The number of carbonyl (C=O) groups is 1. The fraction of sp³-hybridized carbons (Fsp3) is 0.353. The van der Waals surface area contributed by atoms with Crippen LogP contribution in [0.3, 0.4) is 0 Å². The van der Waals surface area contributed by atoms with Gasteiger partial charge in [0.2, 0.25) is 0 Å². The number of rotatable bonds is 6. The van der Waals surface area contributed by atoms with Crippen LogP contribution in [0.2, 0.25) is 0 Å². The smallest absolute Gasteiger partial charge is 0.335 e. The van der Waals surface area contributed by atoms with E-state index in [4.69, 9.17) is 9.84 Å². The van der Waals surface area contributed by atoms with E-state index >= 15 is 0 Å². The minimum atomic E-state index is -0.920. The van der Waals surface area contributed by atoms with Gasteiger partial charge in [-0.1, -0.05) is 17.7 Å². The Labute approximate surface area is 120 Å². The van der Waals surface area contributed by atoms with Crippen molar-refractivity contribution < 1.29 is 14.6 Å². The van der Waals surface area contributed by atoms with Gasteiger partial charge in [0.25, 0.3) is 0 Å². The molecule has 1 unspecified atom stereocenters. The largest absolute Gasteiger partial charge is 0.486 e. The number of ether oxygens (including phenoxy) is 1. The second-order valence-corrected chi connectivity index (χ2v) is 4.96. The first-order valence-electron chi connectivity index (χ1n) is 6.73. The van der Waals surface area contributed by atoms with E-state index in [0.717, 1.165) is 11.3 Å². The van der Waals surface area contributed by atoms with E-state index < -0.39 is 5.97 Å². The highest BCUT2D eigenvalue weighted by atomic mass is 16.5. The highest BCUT2D eigenvalue weighted by molar-refractivity contribution is 5.88. The Bertz CT molecular complexity index is 523. The highest BCUT2D eigenvalue weighted by Gasteiger charge is 2.10. The van der Waals surface area contributed by atoms with Crippen molar-refractivity contribution in [3.8, 4) is 5.75 Å². The number of hydrogen-bond acceptors (Lipinski definition) is 2. The zero-order valence-corrected chi connectivity index (χ0v) is 12.5. The van der Waals surface area contributed by atoms with E-state index in [1.807, 2.05) is 39.8 Å². The van der Waals surface area contributed by atoms with E-state index in [2.05, 4.69) is 6.08 Å². The van der Waals surface area contributed by atoms with Gasteiger partial charge in [-0.3, -0.25) is 0 Å². The third kappa shape index (κ3) is 4.92. The molecule has 0 aliphatic heterocycles. The molecule has 0 aromatic heterocycles. The highest BCUT2D eigenvalue weighted by Crippen LogP contribution is 2.23. The molecule has 0 aliphatic rings. The monoisotopic (exact) mass is 274 g/mol. The maximum absolute atomic E-state index is 11.1. The molecule has 1 N–H and O–H groups in total. The molecule has 108 valence electrons. The van der Waals surface area contributed by atoms with Crippen molar-refractivity contribution in [1.82, 2.24) is 0 Å². The van der Waals surface area contributed by atoms with Crippen LogP contribution in [-0.4, -0.2) is 17.2 Å². The molecule has 0 fully saturated rings. The lowest BCUT2D eigenvalue weighted by Gasteiger charge is -2.15. The molecule has 0 saturated carbocycles. The maximum Gasteiger partial charge on any atom is 0.335 e. The van der Waals surface area contributed by atoms with Gasteiger partial charge in [-0.25, -0.2) is 4.79 Å². The van der Waals surface area contributed by atoms with E-state index in [1.165, 1.54) is 5.57 Å². The summed E-state index contributed by atoms with van der Waals surface area (Å²) in [5, 5.41) is 9.08. The van der Waals surface area contributed by atoms with Crippen LogP contribution in [0.25, 0.3) is 0 Å². The molecule has 1 aromatic carbocycles. The Morgan fingerprint density at radius 1 is 1.40 bits per heavy atom. The topological polar surface area (TPSA) is 46.5 Å². The molecular weight excluding hydrogens is 252 g/mol. The van der Waals surface area contributed by atoms with Crippen molar-refractivity contribution >= 4 is 5.97 Å². The number of carboxylic acid groups (broad SMARTS) is 1. The molecule has 0 saturated heterocycles. The van der Waals surface area contributed by atoms with Crippen LogP contribution < -0.4 is 4.74 Å². The first-order valence-corrected chi connectivity index (χ1v) is 6.73. The average Bonchev–Trinajstić information content (AvgIpc) is 2.37. The van der Waals surface area contributed by atoms with Crippen LogP contribution in [0.5, 0.6) is 5.75 Å². The van der Waals surface area contributed by atoms with Crippen LogP contribution in [0.15, 0.2) is 42.0 Å². The predicted molar refractivity (Wildman–Crippen MR) is 81.4 cm³/mol. The van der Waals surface area contributed by atoms with E-state index in [1.54, 1.807) is 18.2 Å². The molecular formula is C17H22O3. The molecule has 1 rings (SSSR count). The minimum absolute atomic E-state index is 0.0406. The van der Waals surface area contributed by atoms with Gasteiger partial charge in [0.05, 0.1) is 5.56 Å². The summed E-state index contributed by atoms with van der Waals surface area (Å²) in [7, 11) is 0. The Balaban J connectivity index is 3.08. The minimum Gasteiger partial charge on any atom is -0.486 e. The second kappa shape index (κ2) is 7.53. The molecule has 0 heterocycles. The number of carboxylic acids is 1. The van der Waals surface area contributed by atoms with E-state index in [0.29, 0.717) is 6.42 Å². The normalized spacial score (nSPS) is 12.2. The standard InChI is InChI=1S/C17H22O3/c1-5-6-13(4)20-16-10-9-15(17(18)19)11-14(16)8-7-12(2)3/h5-7,9-11,13H,8H2,1-4H3,(H,18,19). The van der Waals surface area contributed by atoms with Crippen molar-refractivity contribution in [2.75, 3.05) is 0 Å². The summed E-state index contributed by atoms with van der Waals surface area (Å²) >= 11 is 0. The summed E-state index contributed by atoms with van der Waals surface area (Å²) in [6, 6.07) is 4.99. The number of benzene rings is 1. The van der Waals surface area contributed by atoms with Gasteiger partial charge in [0.15, 0.2) is 0 Å². The van der Waals surface area contributed by atoms with Gasteiger partial charge in [-0.2, -0.15) is 0 Å². The Kier molecular flexibility index (Phi) is 6.04. The van der Waals surface area contributed by atoms with Crippen LogP contribution >= 0.6 is 0 Å². The van der Waals surface area contributed by atoms with Crippen molar-refractivity contribution in [2.45, 2.75) is 40.2 Å². The molecule has 0 spiro atoms. The van der Waals surface area contributed by atoms with Gasteiger partial charge in [-0.15, -0.1) is 0 Å². The summed E-state index contributed by atoms with van der Waals surface area (Å²) in [6.07, 6.45) is 6.58. The lowest BCUT2D eigenvalue weighted by atomic mass is 10.1. The van der Waals surface area contributed by atoms with Crippen molar-refractivity contribution in [3.05, 3.63) is 53.1 Å². The van der Waals surface area contributed by atoms with Gasteiger partial charge in [0, 0.05) is 0 Å². The molecule has 20 heavy (non-hydrogen) atoms. The molecule has 3 heteroatoms. The Morgan fingerprint density at radius 3 is 2.65 bits per heavy atom. The number of allylic oxidation sites excluding steroid dienone is 3. The first-order chi connectivity index (χ1) is 9.43. The third-order valence-electron chi connectivity index (χ3n) is 2.81. The van der Waals surface area contributed by atoms with Gasteiger partial charge < -0.3 is 9.84 Å². The lowest BCUT2D eigenvalue weighted by Crippen LogP contribution is -2.10. The van der Waals surface area contributed by atoms with Crippen LogP contribution in [-0.2, 0) is 6.42 Å². The molecule has 0 bridgehead atoms. The number of hydrogen-bond donors (Lipinski definition) is 1.